The maximum atomic E-state index is 12.6. The van der Waals surface area contributed by atoms with E-state index >= 15 is 0 Å². The van der Waals surface area contributed by atoms with Gasteiger partial charge >= 0.3 is 6.03 Å². The van der Waals surface area contributed by atoms with Crippen LogP contribution in [0.25, 0.3) is 0 Å². The number of amides is 4. The minimum Gasteiger partial charge on any atom is -0.293 e. The van der Waals surface area contributed by atoms with Gasteiger partial charge in [0.2, 0.25) is 11.8 Å². The molecule has 0 aliphatic carbocycles. The topological polar surface area (TPSA) is 78.8 Å². The Bertz CT molecular complexity index is 915. The van der Waals surface area contributed by atoms with Crippen molar-refractivity contribution in [3.05, 3.63) is 84.4 Å². The molecule has 1 aliphatic rings. The van der Waals surface area contributed by atoms with E-state index in [4.69, 9.17) is 0 Å². The largest absolute Gasteiger partial charge is 0.331 e. The van der Waals surface area contributed by atoms with Crippen molar-refractivity contribution in [1.29, 1.82) is 0 Å². The minimum absolute atomic E-state index is 0.0474. The number of benzene rings is 2. The Balaban J connectivity index is 1.76. The highest BCUT2D eigenvalue weighted by atomic mass is 16.2. The average Bonchev–Trinajstić information content (AvgIpc) is 2.75. The van der Waals surface area contributed by atoms with Gasteiger partial charge in [0, 0.05) is 24.7 Å². The van der Waals surface area contributed by atoms with Crippen LogP contribution in [-0.4, -0.2) is 41.5 Å². The van der Waals surface area contributed by atoms with Gasteiger partial charge in [0.1, 0.15) is 0 Å². The Hall–Kier alpha value is -3.54. The van der Waals surface area contributed by atoms with E-state index in [2.05, 4.69) is 41.2 Å². The predicted octanol–water partition coefficient (Wildman–Crippen LogP) is 3.55. The molecule has 30 heavy (non-hydrogen) atoms. The van der Waals surface area contributed by atoms with Gasteiger partial charge in [-0.3, -0.25) is 24.8 Å². The van der Waals surface area contributed by atoms with E-state index in [1.54, 1.807) is 6.92 Å². The van der Waals surface area contributed by atoms with Crippen LogP contribution in [0.4, 0.5) is 4.79 Å². The first-order chi connectivity index (χ1) is 14.5. The van der Waals surface area contributed by atoms with Crippen LogP contribution >= 0.6 is 0 Å². The summed E-state index contributed by atoms with van der Waals surface area (Å²) in [6.45, 7) is 5.71. The predicted molar refractivity (Wildman–Crippen MR) is 116 cm³/mol. The molecule has 0 radical (unpaired) electrons. The van der Waals surface area contributed by atoms with Crippen LogP contribution in [0, 0.1) is 5.92 Å². The molecule has 1 fully saturated rings. The highest BCUT2D eigenvalue weighted by Crippen LogP contribution is 2.28. The fourth-order valence-electron chi connectivity index (χ4n) is 3.64. The lowest BCUT2D eigenvalue weighted by Crippen LogP contribution is -2.59. The number of nitrogens with one attached hydrogen (secondary N) is 1. The zero-order chi connectivity index (χ0) is 21.5. The lowest BCUT2D eigenvalue weighted by molar-refractivity contribution is -0.139. The SMILES string of the molecule is C=CCN1C(=O)NC(=O)C(C(C)=NCCC(c2ccccc2)c2ccccc2)C1=O. The second kappa shape index (κ2) is 9.78. The number of carbonyl (C=O) groups is 3. The van der Waals surface area contributed by atoms with Gasteiger partial charge in [-0.25, -0.2) is 4.79 Å². The van der Waals surface area contributed by atoms with Crippen LogP contribution in [0.1, 0.15) is 30.4 Å². The van der Waals surface area contributed by atoms with Crippen LogP contribution in [0.3, 0.4) is 0 Å². The number of barbiturate groups is 1. The summed E-state index contributed by atoms with van der Waals surface area (Å²) >= 11 is 0. The summed E-state index contributed by atoms with van der Waals surface area (Å²) in [5.74, 6) is -2.13. The van der Waals surface area contributed by atoms with Gasteiger partial charge in [-0.05, 0) is 24.5 Å². The van der Waals surface area contributed by atoms with E-state index in [1.807, 2.05) is 36.4 Å². The smallest absolute Gasteiger partial charge is 0.293 e. The zero-order valence-corrected chi connectivity index (χ0v) is 17.0. The molecule has 0 aromatic heterocycles. The van der Waals surface area contributed by atoms with Gasteiger partial charge in [-0.15, -0.1) is 6.58 Å². The standard InChI is InChI=1S/C24H25N3O3/c1-3-16-27-23(29)21(22(28)26-24(27)30)17(2)25-15-14-20(18-10-6-4-7-11-18)19-12-8-5-9-13-19/h3-13,20-21H,1,14-16H2,2H3,(H,26,28,30). The zero-order valence-electron chi connectivity index (χ0n) is 17.0. The summed E-state index contributed by atoms with van der Waals surface area (Å²) in [5, 5.41) is 2.23. The molecule has 0 bridgehead atoms. The fourth-order valence-corrected chi connectivity index (χ4v) is 3.64. The first-order valence-electron chi connectivity index (χ1n) is 9.91. The molecule has 0 spiro atoms. The number of aliphatic imine (C=N–C) groups is 1. The van der Waals surface area contributed by atoms with Crippen molar-refractivity contribution in [3.8, 4) is 0 Å². The molecule has 6 nitrogen and oxygen atoms in total. The van der Waals surface area contributed by atoms with Crippen LogP contribution in [0.2, 0.25) is 0 Å². The normalized spacial score (nSPS) is 17.3. The summed E-state index contributed by atoms with van der Waals surface area (Å²) in [6.07, 6.45) is 2.17. The summed E-state index contributed by atoms with van der Waals surface area (Å²) in [5.41, 5.74) is 2.77. The highest BCUT2D eigenvalue weighted by Gasteiger charge is 2.41. The van der Waals surface area contributed by atoms with Crippen LogP contribution in [0.15, 0.2) is 78.3 Å². The van der Waals surface area contributed by atoms with Crippen LogP contribution < -0.4 is 5.32 Å². The quantitative estimate of drug-likeness (QED) is 0.416. The van der Waals surface area contributed by atoms with Crippen LogP contribution in [0.5, 0.6) is 0 Å². The van der Waals surface area contributed by atoms with Crippen molar-refractivity contribution in [2.45, 2.75) is 19.3 Å². The second-order valence-corrected chi connectivity index (χ2v) is 7.15. The first-order valence-corrected chi connectivity index (χ1v) is 9.91. The summed E-state index contributed by atoms with van der Waals surface area (Å²) in [7, 11) is 0. The van der Waals surface area contributed by atoms with Gasteiger partial charge in [0.05, 0.1) is 0 Å². The average molecular weight is 403 g/mol. The number of nitrogens with zero attached hydrogens (tertiary/aromatic N) is 2. The van der Waals surface area contributed by atoms with E-state index in [9.17, 15) is 14.4 Å². The molecule has 1 atom stereocenters. The Labute approximate surface area is 176 Å². The van der Waals surface area contributed by atoms with E-state index in [0.29, 0.717) is 12.3 Å². The van der Waals surface area contributed by atoms with E-state index in [1.165, 1.54) is 17.2 Å². The molecule has 4 amide bonds. The summed E-state index contributed by atoms with van der Waals surface area (Å²) in [4.78, 5) is 42.3. The third kappa shape index (κ3) is 4.71. The van der Waals surface area contributed by atoms with Gasteiger partial charge in [0.25, 0.3) is 0 Å². The Morgan fingerprint density at radius 3 is 2.17 bits per heavy atom. The highest BCUT2D eigenvalue weighted by molar-refractivity contribution is 6.27. The molecule has 0 saturated carbocycles. The van der Waals surface area contributed by atoms with Crippen molar-refractivity contribution in [1.82, 2.24) is 10.2 Å². The lowest BCUT2D eigenvalue weighted by atomic mass is 9.88. The van der Waals surface area contributed by atoms with Crippen molar-refractivity contribution in [2.75, 3.05) is 13.1 Å². The van der Waals surface area contributed by atoms with E-state index in [-0.39, 0.29) is 12.5 Å². The van der Waals surface area contributed by atoms with E-state index < -0.39 is 23.8 Å². The number of imide groups is 2. The van der Waals surface area contributed by atoms with Gasteiger partial charge in [-0.2, -0.15) is 0 Å². The number of hydrogen-bond acceptors (Lipinski definition) is 4. The molecule has 3 rings (SSSR count). The van der Waals surface area contributed by atoms with Crippen molar-refractivity contribution >= 4 is 23.6 Å². The number of urea groups is 1. The molecule has 1 saturated heterocycles. The molecule has 154 valence electrons. The molecule has 2 aromatic carbocycles. The molecular weight excluding hydrogens is 378 g/mol. The molecule has 1 aliphatic heterocycles. The second-order valence-electron chi connectivity index (χ2n) is 7.15. The monoisotopic (exact) mass is 403 g/mol. The Morgan fingerprint density at radius 1 is 1.07 bits per heavy atom. The maximum absolute atomic E-state index is 12.6. The fraction of sp³-hybridized carbons (Fsp3) is 0.250. The van der Waals surface area contributed by atoms with Gasteiger partial charge in [0.15, 0.2) is 5.92 Å². The third-order valence-corrected chi connectivity index (χ3v) is 5.16. The van der Waals surface area contributed by atoms with E-state index in [0.717, 1.165) is 11.3 Å². The lowest BCUT2D eigenvalue weighted by Gasteiger charge is -2.29. The van der Waals surface area contributed by atoms with Crippen molar-refractivity contribution in [3.63, 3.8) is 0 Å². The van der Waals surface area contributed by atoms with Crippen LogP contribution in [-0.2, 0) is 9.59 Å². The number of carbonyl (C=O) groups excluding carboxylic acids is 3. The number of hydrogen-bond donors (Lipinski definition) is 1. The first kappa shape index (κ1) is 21.2. The Morgan fingerprint density at radius 2 is 1.63 bits per heavy atom. The molecule has 1 N–H and O–H groups in total. The molecular formula is C24H25N3O3. The molecule has 1 unspecified atom stereocenters. The van der Waals surface area contributed by atoms with Crippen molar-refractivity contribution in [2.24, 2.45) is 10.9 Å². The Kier molecular flexibility index (Phi) is 6.91. The minimum atomic E-state index is -1.09. The summed E-state index contributed by atoms with van der Waals surface area (Å²) in [6, 6.07) is 19.6. The molecule has 6 heteroatoms. The van der Waals surface area contributed by atoms with Crippen molar-refractivity contribution < 1.29 is 14.4 Å². The number of rotatable bonds is 8. The molecule has 1 heterocycles. The van der Waals surface area contributed by atoms with Gasteiger partial charge < -0.3 is 0 Å². The summed E-state index contributed by atoms with van der Waals surface area (Å²) < 4.78 is 0. The van der Waals surface area contributed by atoms with Gasteiger partial charge in [-0.1, -0.05) is 66.7 Å². The molecule has 2 aromatic rings. The third-order valence-electron chi connectivity index (χ3n) is 5.16. The maximum Gasteiger partial charge on any atom is 0.331 e.